The van der Waals surface area contributed by atoms with Crippen LogP contribution in [0.2, 0.25) is 0 Å². The van der Waals surface area contributed by atoms with E-state index in [2.05, 4.69) is 5.10 Å². The van der Waals surface area contributed by atoms with Gasteiger partial charge in [-0.1, -0.05) is 18.2 Å². The molecule has 0 radical (unpaired) electrons. The van der Waals surface area contributed by atoms with Crippen molar-refractivity contribution in [2.45, 2.75) is 6.42 Å². The van der Waals surface area contributed by atoms with Gasteiger partial charge in [-0.3, -0.25) is 9.59 Å². The molecule has 1 aliphatic rings. The number of hydrogen-bond donors (Lipinski definition) is 1. The fraction of sp³-hybridized carbons (Fsp3) is 0.308. The summed E-state index contributed by atoms with van der Waals surface area (Å²) < 4.78 is 5.47. The number of amides is 1. The molecule has 6 heteroatoms. The Morgan fingerprint density at radius 2 is 2.11 bits per heavy atom. The van der Waals surface area contributed by atoms with Crippen molar-refractivity contribution in [3.8, 4) is 5.75 Å². The number of para-hydroxylation sites is 1. The summed E-state index contributed by atoms with van der Waals surface area (Å²) in [5, 5.41) is 13.7. The van der Waals surface area contributed by atoms with Crippen molar-refractivity contribution >= 4 is 18.1 Å². The van der Waals surface area contributed by atoms with E-state index in [1.165, 1.54) is 5.01 Å². The molecular formula is C13H14N2O4. The minimum absolute atomic E-state index is 0.353. The molecule has 1 N–H and O–H groups in total. The third kappa shape index (κ3) is 3.31. The molecule has 0 spiro atoms. The summed E-state index contributed by atoms with van der Waals surface area (Å²) in [6, 6.07) is 9.35. The SMILES string of the molecule is O=C(O)C1C=NN(CCCOc2ccccc2)C1=O. The molecule has 0 saturated carbocycles. The average molecular weight is 262 g/mol. The topological polar surface area (TPSA) is 79.2 Å². The minimum Gasteiger partial charge on any atom is -0.494 e. The lowest BCUT2D eigenvalue weighted by Gasteiger charge is -2.13. The number of hydrogen-bond acceptors (Lipinski definition) is 4. The van der Waals surface area contributed by atoms with E-state index in [0.717, 1.165) is 12.0 Å². The molecule has 0 bridgehead atoms. The Bertz CT molecular complexity index is 487. The Balaban J connectivity index is 1.71. The van der Waals surface area contributed by atoms with Crippen LogP contribution < -0.4 is 4.74 Å². The first-order valence-electron chi connectivity index (χ1n) is 5.94. The largest absolute Gasteiger partial charge is 0.494 e. The first-order valence-corrected chi connectivity index (χ1v) is 5.94. The lowest BCUT2D eigenvalue weighted by Crippen LogP contribution is -2.31. The van der Waals surface area contributed by atoms with Crippen LogP contribution in [0.25, 0.3) is 0 Å². The highest BCUT2D eigenvalue weighted by atomic mass is 16.5. The molecule has 1 aromatic rings. The first kappa shape index (κ1) is 13.1. The summed E-state index contributed by atoms with van der Waals surface area (Å²) in [6.45, 7) is 0.799. The fourth-order valence-electron chi connectivity index (χ4n) is 1.69. The number of carbonyl (C=O) groups excluding carboxylic acids is 1. The van der Waals surface area contributed by atoms with Crippen molar-refractivity contribution in [2.24, 2.45) is 11.0 Å². The average Bonchev–Trinajstić information content (AvgIpc) is 2.77. The third-order valence-corrected chi connectivity index (χ3v) is 2.67. The van der Waals surface area contributed by atoms with Crippen molar-refractivity contribution in [2.75, 3.05) is 13.2 Å². The number of hydrazone groups is 1. The zero-order chi connectivity index (χ0) is 13.7. The van der Waals surface area contributed by atoms with E-state index in [0.29, 0.717) is 19.6 Å². The van der Waals surface area contributed by atoms with Crippen LogP contribution in [0.4, 0.5) is 0 Å². The predicted octanol–water partition coefficient (Wildman–Crippen LogP) is 0.984. The molecule has 6 nitrogen and oxygen atoms in total. The van der Waals surface area contributed by atoms with Gasteiger partial charge in [0, 0.05) is 19.2 Å². The number of nitrogens with zero attached hydrogens (tertiary/aromatic N) is 2. The van der Waals surface area contributed by atoms with Crippen LogP contribution >= 0.6 is 0 Å². The molecule has 1 aliphatic heterocycles. The van der Waals surface area contributed by atoms with E-state index in [1.54, 1.807) is 0 Å². The molecule has 0 fully saturated rings. The Labute approximate surface area is 110 Å². The lowest BCUT2D eigenvalue weighted by molar-refractivity contribution is -0.146. The van der Waals surface area contributed by atoms with Gasteiger partial charge in [0.1, 0.15) is 5.75 Å². The summed E-state index contributed by atoms with van der Waals surface area (Å²) in [5.74, 6) is -2.04. The van der Waals surface area contributed by atoms with Gasteiger partial charge in [-0.15, -0.1) is 0 Å². The van der Waals surface area contributed by atoms with E-state index >= 15 is 0 Å². The third-order valence-electron chi connectivity index (χ3n) is 2.67. The Hall–Kier alpha value is -2.37. The second-order valence-corrected chi connectivity index (χ2v) is 4.06. The fourth-order valence-corrected chi connectivity index (χ4v) is 1.69. The summed E-state index contributed by atoms with van der Waals surface area (Å²) in [7, 11) is 0. The van der Waals surface area contributed by atoms with Gasteiger partial charge in [-0.2, -0.15) is 5.10 Å². The molecule has 1 amide bonds. The van der Waals surface area contributed by atoms with Gasteiger partial charge in [0.2, 0.25) is 0 Å². The highest BCUT2D eigenvalue weighted by Crippen LogP contribution is 2.12. The molecule has 1 heterocycles. The monoisotopic (exact) mass is 262 g/mol. The summed E-state index contributed by atoms with van der Waals surface area (Å²) in [6.07, 6.45) is 1.74. The second kappa shape index (κ2) is 5.99. The van der Waals surface area contributed by atoms with Gasteiger partial charge >= 0.3 is 5.97 Å². The zero-order valence-corrected chi connectivity index (χ0v) is 10.2. The zero-order valence-electron chi connectivity index (χ0n) is 10.2. The van der Waals surface area contributed by atoms with Crippen molar-refractivity contribution in [3.63, 3.8) is 0 Å². The number of aliphatic carboxylic acids is 1. The van der Waals surface area contributed by atoms with E-state index in [-0.39, 0.29) is 0 Å². The first-order chi connectivity index (χ1) is 9.18. The predicted molar refractivity (Wildman–Crippen MR) is 67.9 cm³/mol. The van der Waals surface area contributed by atoms with Crippen LogP contribution in [0, 0.1) is 5.92 Å². The van der Waals surface area contributed by atoms with E-state index in [4.69, 9.17) is 9.84 Å². The Kier molecular flexibility index (Phi) is 4.12. The summed E-state index contributed by atoms with van der Waals surface area (Å²) in [5.41, 5.74) is 0. The maximum atomic E-state index is 11.6. The molecule has 0 aromatic heterocycles. The van der Waals surface area contributed by atoms with E-state index in [1.807, 2.05) is 30.3 Å². The van der Waals surface area contributed by atoms with Gasteiger partial charge in [-0.25, -0.2) is 5.01 Å². The van der Waals surface area contributed by atoms with Crippen molar-refractivity contribution < 1.29 is 19.4 Å². The van der Waals surface area contributed by atoms with Gasteiger partial charge < -0.3 is 9.84 Å². The molecule has 100 valence electrons. The lowest BCUT2D eigenvalue weighted by atomic mass is 10.1. The number of carbonyl (C=O) groups is 2. The molecule has 0 aliphatic carbocycles. The van der Waals surface area contributed by atoms with Crippen molar-refractivity contribution in [1.29, 1.82) is 0 Å². The number of carboxylic acid groups (broad SMARTS) is 1. The van der Waals surface area contributed by atoms with Gasteiger partial charge in [-0.05, 0) is 12.1 Å². The van der Waals surface area contributed by atoms with Gasteiger partial charge in [0.05, 0.1) is 6.61 Å². The summed E-state index contributed by atoms with van der Waals surface area (Å²) in [4.78, 5) is 22.3. The molecule has 1 aromatic carbocycles. The normalized spacial score (nSPS) is 17.8. The van der Waals surface area contributed by atoms with Crippen LogP contribution in [0.1, 0.15) is 6.42 Å². The number of benzene rings is 1. The molecule has 1 atom stereocenters. The molecule has 19 heavy (non-hydrogen) atoms. The van der Waals surface area contributed by atoms with Crippen LogP contribution in [-0.4, -0.2) is 41.4 Å². The van der Waals surface area contributed by atoms with Gasteiger partial charge in [0.25, 0.3) is 5.91 Å². The maximum Gasteiger partial charge on any atom is 0.321 e. The van der Waals surface area contributed by atoms with E-state index < -0.39 is 17.8 Å². The molecular weight excluding hydrogens is 248 g/mol. The highest BCUT2D eigenvalue weighted by molar-refractivity contribution is 6.12. The Morgan fingerprint density at radius 1 is 1.37 bits per heavy atom. The van der Waals surface area contributed by atoms with E-state index in [9.17, 15) is 9.59 Å². The number of carboxylic acids is 1. The second-order valence-electron chi connectivity index (χ2n) is 4.06. The van der Waals surface area contributed by atoms with Gasteiger partial charge in [0.15, 0.2) is 5.92 Å². The van der Waals surface area contributed by atoms with Crippen molar-refractivity contribution in [1.82, 2.24) is 5.01 Å². The number of ether oxygens (including phenoxy) is 1. The quantitative estimate of drug-likeness (QED) is 0.612. The number of rotatable bonds is 6. The highest BCUT2D eigenvalue weighted by Gasteiger charge is 2.33. The molecule has 1 unspecified atom stereocenters. The Morgan fingerprint density at radius 3 is 2.74 bits per heavy atom. The van der Waals surface area contributed by atoms with Crippen LogP contribution in [0.3, 0.4) is 0 Å². The smallest absolute Gasteiger partial charge is 0.321 e. The van der Waals surface area contributed by atoms with Crippen molar-refractivity contribution in [3.05, 3.63) is 30.3 Å². The minimum atomic E-state index is -1.17. The standard InChI is InChI=1S/C13H14N2O4/c16-12-11(13(17)18)9-14-15(12)7-4-8-19-10-5-2-1-3-6-10/h1-3,5-6,9,11H,4,7-8H2,(H,17,18). The van der Waals surface area contributed by atoms with Crippen LogP contribution in [-0.2, 0) is 9.59 Å². The molecule has 2 rings (SSSR count). The summed E-state index contributed by atoms with van der Waals surface area (Å²) >= 11 is 0. The van der Waals surface area contributed by atoms with Crippen LogP contribution in [0.5, 0.6) is 5.75 Å². The van der Waals surface area contributed by atoms with Crippen LogP contribution in [0.15, 0.2) is 35.4 Å². The maximum absolute atomic E-state index is 11.6. The molecule has 0 saturated heterocycles.